The van der Waals surface area contributed by atoms with E-state index in [-0.39, 0.29) is 17.0 Å². The molecule has 3 N–H and O–H groups in total. The summed E-state index contributed by atoms with van der Waals surface area (Å²) in [5, 5.41) is 25.9. The molecule has 18 heavy (non-hydrogen) atoms. The minimum absolute atomic E-state index is 0.0145. The number of nitrogens with one attached hydrogen (secondary N) is 1. The molecule has 0 saturated heterocycles. The van der Waals surface area contributed by atoms with Crippen LogP contribution in [-0.2, 0) is 5.54 Å². The summed E-state index contributed by atoms with van der Waals surface area (Å²) >= 11 is 5.21. The Bertz CT molecular complexity index is 617. The van der Waals surface area contributed by atoms with Crippen molar-refractivity contribution in [2.24, 2.45) is 0 Å². The lowest BCUT2D eigenvalue weighted by atomic mass is 10.1. The van der Waals surface area contributed by atoms with Crippen LogP contribution < -0.4 is 0 Å². The molecule has 2 aromatic rings. The molecule has 0 radical (unpaired) electrons. The first kappa shape index (κ1) is 12.6. The van der Waals surface area contributed by atoms with Gasteiger partial charge in [0.2, 0.25) is 0 Å². The van der Waals surface area contributed by atoms with Crippen LogP contribution in [0.25, 0.3) is 11.4 Å². The third-order valence-electron chi connectivity index (χ3n) is 2.50. The van der Waals surface area contributed by atoms with Gasteiger partial charge in [-0.3, -0.25) is 9.67 Å². The molecule has 96 valence electrons. The monoisotopic (exact) mass is 265 g/mol. The van der Waals surface area contributed by atoms with E-state index in [4.69, 9.17) is 12.2 Å². The largest absolute Gasteiger partial charge is 0.508 e. The topological polar surface area (TPSA) is 74.1 Å². The van der Waals surface area contributed by atoms with E-state index in [1.165, 1.54) is 18.2 Å². The van der Waals surface area contributed by atoms with Crippen LogP contribution in [0.3, 0.4) is 0 Å². The molecular formula is C12H15N3O2S. The number of hydrogen-bond donors (Lipinski definition) is 3. The summed E-state index contributed by atoms with van der Waals surface area (Å²) in [6, 6.07) is 4.34. The third kappa shape index (κ3) is 2.24. The van der Waals surface area contributed by atoms with Gasteiger partial charge in [-0.25, -0.2) is 0 Å². The predicted molar refractivity (Wildman–Crippen MR) is 71.2 cm³/mol. The van der Waals surface area contributed by atoms with Crippen LogP contribution >= 0.6 is 12.2 Å². The molecule has 0 unspecified atom stereocenters. The molecule has 0 aliphatic rings. The minimum atomic E-state index is -0.250. The van der Waals surface area contributed by atoms with Crippen molar-refractivity contribution < 1.29 is 10.2 Å². The second-order valence-corrected chi connectivity index (χ2v) is 5.48. The van der Waals surface area contributed by atoms with Gasteiger partial charge in [0, 0.05) is 17.2 Å². The van der Waals surface area contributed by atoms with Gasteiger partial charge in [-0.05, 0) is 45.1 Å². The Labute approximate surface area is 110 Å². The lowest BCUT2D eigenvalue weighted by Gasteiger charge is -2.22. The second kappa shape index (κ2) is 4.13. The summed E-state index contributed by atoms with van der Waals surface area (Å²) < 4.78 is 2.34. The van der Waals surface area contributed by atoms with Gasteiger partial charge >= 0.3 is 0 Å². The van der Waals surface area contributed by atoms with Gasteiger partial charge < -0.3 is 10.2 Å². The van der Waals surface area contributed by atoms with Gasteiger partial charge in [-0.15, -0.1) is 0 Å². The number of aromatic nitrogens is 3. The van der Waals surface area contributed by atoms with Gasteiger partial charge in [-0.2, -0.15) is 5.10 Å². The predicted octanol–water partition coefficient (Wildman–Crippen LogP) is 2.77. The molecule has 0 bridgehead atoms. The fourth-order valence-corrected chi connectivity index (χ4v) is 2.24. The van der Waals surface area contributed by atoms with E-state index in [1.807, 2.05) is 25.3 Å². The molecule has 1 heterocycles. The maximum absolute atomic E-state index is 9.52. The van der Waals surface area contributed by atoms with Crippen molar-refractivity contribution in [3.63, 3.8) is 0 Å². The van der Waals surface area contributed by atoms with Gasteiger partial charge in [-0.1, -0.05) is 0 Å². The molecule has 0 spiro atoms. The van der Waals surface area contributed by atoms with Crippen molar-refractivity contribution in [1.82, 2.24) is 14.8 Å². The lowest BCUT2D eigenvalue weighted by molar-refractivity contribution is 0.395. The summed E-state index contributed by atoms with van der Waals surface area (Å²) in [5.74, 6) is 0.553. The zero-order valence-corrected chi connectivity index (χ0v) is 11.2. The van der Waals surface area contributed by atoms with E-state index in [2.05, 4.69) is 10.2 Å². The molecule has 6 heteroatoms. The summed E-state index contributed by atoms with van der Waals surface area (Å²) in [5.41, 5.74) is 0.357. The van der Waals surface area contributed by atoms with E-state index in [1.54, 1.807) is 0 Å². The van der Waals surface area contributed by atoms with E-state index >= 15 is 0 Å². The van der Waals surface area contributed by atoms with Crippen molar-refractivity contribution in [3.05, 3.63) is 23.0 Å². The van der Waals surface area contributed by atoms with Crippen molar-refractivity contribution in [3.8, 4) is 22.9 Å². The Morgan fingerprint density at radius 2 is 1.72 bits per heavy atom. The molecule has 0 saturated carbocycles. The number of aromatic hydroxyl groups is 2. The number of H-pyrrole nitrogens is 1. The van der Waals surface area contributed by atoms with Gasteiger partial charge in [0.05, 0.1) is 0 Å². The van der Waals surface area contributed by atoms with Gasteiger partial charge in [0.1, 0.15) is 11.5 Å². The van der Waals surface area contributed by atoms with Crippen molar-refractivity contribution in [1.29, 1.82) is 0 Å². The molecule has 2 rings (SSSR count). The molecule has 1 aromatic heterocycles. The molecule has 0 aliphatic heterocycles. The first-order chi connectivity index (χ1) is 8.29. The van der Waals surface area contributed by atoms with Crippen LogP contribution in [-0.4, -0.2) is 25.0 Å². The van der Waals surface area contributed by atoms with Crippen molar-refractivity contribution in [2.75, 3.05) is 0 Å². The Morgan fingerprint density at radius 3 is 2.22 bits per heavy atom. The molecule has 1 aromatic carbocycles. The quantitative estimate of drug-likeness (QED) is 0.693. The zero-order chi connectivity index (χ0) is 13.5. The van der Waals surface area contributed by atoms with Crippen LogP contribution in [0.15, 0.2) is 18.2 Å². The van der Waals surface area contributed by atoms with Gasteiger partial charge in [0.15, 0.2) is 10.6 Å². The summed E-state index contributed by atoms with van der Waals surface area (Å²) in [6.45, 7) is 6.01. The minimum Gasteiger partial charge on any atom is -0.508 e. The molecular weight excluding hydrogens is 250 g/mol. The summed E-state index contributed by atoms with van der Waals surface area (Å²) in [4.78, 5) is 0. The number of aromatic amines is 1. The van der Waals surface area contributed by atoms with Crippen molar-refractivity contribution >= 4 is 12.2 Å². The molecule has 0 amide bonds. The van der Waals surface area contributed by atoms with E-state index in [0.29, 0.717) is 16.2 Å². The highest BCUT2D eigenvalue weighted by atomic mass is 32.1. The van der Waals surface area contributed by atoms with Crippen LogP contribution in [0.1, 0.15) is 20.8 Å². The first-order valence-corrected chi connectivity index (χ1v) is 5.91. The van der Waals surface area contributed by atoms with E-state index in [0.717, 1.165) is 0 Å². The zero-order valence-electron chi connectivity index (χ0n) is 10.4. The maximum atomic E-state index is 9.52. The van der Waals surface area contributed by atoms with Crippen LogP contribution in [0.5, 0.6) is 11.5 Å². The average Bonchev–Trinajstić information content (AvgIpc) is 2.57. The maximum Gasteiger partial charge on any atom is 0.195 e. The third-order valence-corrected chi connectivity index (χ3v) is 2.78. The van der Waals surface area contributed by atoms with E-state index in [9.17, 15) is 10.2 Å². The molecule has 0 atom stereocenters. The highest BCUT2D eigenvalue weighted by molar-refractivity contribution is 7.71. The fraction of sp³-hybridized carbons (Fsp3) is 0.333. The SMILES string of the molecule is CC(C)(C)n1c(-c2cc(O)cc(O)c2)n[nH]c1=S. The first-order valence-electron chi connectivity index (χ1n) is 5.50. The highest BCUT2D eigenvalue weighted by Crippen LogP contribution is 2.30. The number of rotatable bonds is 1. The Morgan fingerprint density at radius 1 is 1.17 bits per heavy atom. The molecule has 5 nitrogen and oxygen atoms in total. The summed E-state index contributed by atoms with van der Waals surface area (Å²) in [6.07, 6.45) is 0. The molecule has 0 fully saturated rings. The number of phenolic OH excluding ortho intramolecular Hbond substituents is 2. The Kier molecular flexibility index (Phi) is 2.90. The van der Waals surface area contributed by atoms with Crippen LogP contribution in [0.4, 0.5) is 0 Å². The second-order valence-electron chi connectivity index (χ2n) is 5.10. The Balaban J connectivity index is 2.69. The normalized spacial score (nSPS) is 11.7. The smallest absolute Gasteiger partial charge is 0.195 e. The highest BCUT2D eigenvalue weighted by Gasteiger charge is 2.20. The lowest BCUT2D eigenvalue weighted by Crippen LogP contribution is -2.22. The molecule has 0 aliphatic carbocycles. The van der Waals surface area contributed by atoms with Crippen LogP contribution in [0, 0.1) is 4.77 Å². The number of hydrogen-bond acceptors (Lipinski definition) is 4. The standard InChI is InChI=1S/C12H15N3O2S/c1-12(2,3)15-10(13-14-11(15)18)7-4-8(16)6-9(17)5-7/h4-6,16-17H,1-3H3,(H,14,18). The van der Waals surface area contributed by atoms with E-state index < -0.39 is 0 Å². The average molecular weight is 265 g/mol. The number of nitrogens with zero attached hydrogens (tertiary/aromatic N) is 2. The Hall–Kier alpha value is -1.82. The fourth-order valence-electron chi connectivity index (χ4n) is 1.84. The van der Waals surface area contributed by atoms with Gasteiger partial charge in [0.25, 0.3) is 0 Å². The van der Waals surface area contributed by atoms with Crippen LogP contribution in [0.2, 0.25) is 0 Å². The van der Waals surface area contributed by atoms with Crippen molar-refractivity contribution in [2.45, 2.75) is 26.3 Å². The summed E-state index contributed by atoms with van der Waals surface area (Å²) in [7, 11) is 0. The number of benzene rings is 1. The number of phenols is 2.